The number of aromatic nitrogens is 1. The van der Waals surface area contributed by atoms with Crippen molar-refractivity contribution in [3.63, 3.8) is 0 Å². The lowest BCUT2D eigenvalue weighted by Gasteiger charge is -2.12. The van der Waals surface area contributed by atoms with Gasteiger partial charge in [0.15, 0.2) is 5.11 Å². The minimum Gasteiger partial charge on any atom is -0.358 e. The molecule has 0 unspecified atom stereocenters. The highest BCUT2D eigenvalue weighted by molar-refractivity contribution is 9.10. The zero-order chi connectivity index (χ0) is 14.5. The molecule has 0 aliphatic carbocycles. The van der Waals surface area contributed by atoms with Gasteiger partial charge in [0.1, 0.15) is 5.82 Å². The van der Waals surface area contributed by atoms with Crippen LogP contribution in [0.3, 0.4) is 0 Å². The zero-order valence-electron chi connectivity index (χ0n) is 10.8. The standard InChI is InChI=1S/C14H13BrClN3S/c1-9-6-11(15)8-17-13(9)19-14(20)18-7-10-2-4-12(16)5-3-10/h2-6,8H,7H2,1H3,(H2,17,18,19,20). The van der Waals surface area contributed by atoms with Crippen LogP contribution in [-0.4, -0.2) is 10.1 Å². The molecule has 1 aromatic carbocycles. The van der Waals surface area contributed by atoms with E-state index < -0.39 is 0 Å². The molecule has 0 aliphatic heterocycles. The van der Waals surface area contributed by atoms with E-state index in [1.807, 2.05) is 37.3 Å². The Labute approximate surface area is 136 Å². The fraction of sp³-hybridized carbons (Fsp3) is 0.143. The van der Waals surface area contributed by atoms with Crippen LogP contribution < -0.4 is 10.6 Å². The van der Waals surface area contributed by atoms with Crippen LogP contribution in [0.15, 0.2) is 41.0 Å². The Hall–Kier alpha value is -1.17. The van der Waals surface area contributed by atoms with Crippen molar-refractivity contribution in [2.24, 2.45) is 0 Å². The first-order chi connectivity index (χ1) is 9.54. The Morgan fingerprint density at radius 3 is 2.70 bits per heavy atom. The van der Waals surface area contributed by atoms with Crippen molar-refractivity contribution >= 4 is 50.7 Å². The molecular formula is C14H13BrClN3S. The molecule has 0 spiro atoms. The first-order valence-electron chi connectivity index (χ1n) is 5.96. The summed E-state index contributed by atoms with van der Waals surface area (Å²) < 4.78 is 0.945. The van der Waals surface area contributed by atoms with Crippen molar-refractivity contribution in [3.05, 3.63) is 57.2 Å². The largest absolute Gasteiger partial charge is 0.358 e. The van der Waals surface area contributed by atoms with E-state index in [1.54, 1.807) is 6.20 Å². The highest BCUT2D eigenvalue weighted by Gasteiger charge is 2.03. The molecule has 20 heavy (non-hydrogen) atoms. The maximum Gasteiger partial charge on any atom is 0.172 e. The highest BCUT2D eigenvalue weighted by atomic mass is 79.9. The van der Waals surface area contributed by atoms with E-state index in [-0.39, 0.29) is 0 Å². The minimum atomic E-state index is 0.540. The van der Waals surface area contributed by atoms with Gasteiger partial charge in [-0.1, -0.05) is 23.7 Å². The van der Waals surface area contributed by atoms with Crippen LogP contribution in [-0.2, 0) is 6.54 Å². The normalized spacial score (nSPS) is 10.2. The fourth-order valence-electron chi connectivity index (χ4n) is 1.61. The number of hydrogen-bond donors (Lipinski definition) is 2. The number of halogens is 2. The second kappa shape index (κ2) is 7.02. The Kier molecular flexibility index (Phi) is 5.34. The first kappa shape index (κ1) is 15.2. The summed E-state index contributed by atoms with van der Waals surface area (Å²) in [5.41, 5.74) is 2.13. The maximum atomic E-state index is 5.84. The van der Waals surface area contributed by atoms with Crippen LogP contribution in [0, 0.1) is 6.92 Å². The summed E-state index contributed by atoms with van der Waals surface area (Å²) in [6.07, 6.45) is 1.73. The summed E-state index contributed by atoms with van der Waals surface area (Å²) in [7, 11) is 0. The van der Waals surface area contributed by atoms with Gasteiger partial charge in [0.25, 0.3) is 0 Å². The third-order valence-electron chi connectivity index (χ3n) is 2.64. The predicted octanol–water partition coefficient (Wildman–Crippen LogP) is 4.29. The fourth-order valence-corrected chi connectivity index (χ4v) is 2.35. The summed E-state index contributed by atoms with van der Waals surface area (Å²) in [6, 6.07) is 9.62. The predicted molar refractivity (Wildman–Crippen MR) is 91.2 cm³/mol. The number of pyridine rings is 1. The lowest BCUT2D eigenvalue weighted by Crippen LogP contribution is -2.28. The lowest BCUT2D eigenvalue weighted by molar-refractivity contribution is 0.924. The smallest absolute Gasteiger partial charge is 0.172 e. The molecule has 0 radical (unpaired) electrons. The number of nitrogens with zero attached hydrogens (tertiary/aromatic N) is 1. The highest BCUT2D eigenvalue weighted by Crippen LogP contribution is 2.16. The Morgan fingerprint density at radius 2 is 2.05 bits per heavy atom. The molecule has 0 aliphatic rings. The van der Waals surface area contributed by atoms with Gasteiger partial charge in [0.2, 0.25) is 0 Å². The number of anilines is 1. The molecule has 0 bridgehead atoms. The van der Waals surface area contributed by atoms with Gasteiger partial charge in [-0.15, -0.1) is 0 Å². The van der Waals surface area contributed by atoms with Gasteiger partial charge >= 0.3 is 0 Å². The van der Waals surface area contributed by atoms with Crippen LogP contribution in [0.5, 0.6) is 0 Å². The topological polar surface area (TPSA) is 37.0 Å². The Balaban J connectivity index is 1.90. The van der Waals surface area contributed by atoms with Crippen LogP contribution in [0.2, 0.25) is 5.02 Å². The molecule has 3 nitrogen and oxygen atoms in total. The van der Waals surface area contributed by atoms with Crippen molar-refractivity contribution in [1.82, 2.24) is 10.3 Å². The molecule has 0 saturated carbocycles. The number of hydrogen-bond acceptors (Lipinski definition) is 2. The van der Waals surface area contributed by atoms with E-state index in [0.29, 0.717) is 11.7 Å². The molecule has 104 valence electrons. The van der Waals surface area contributed by atoms with Gasteiger partial charge in [-0.05, 0) is 64.4 Å². The molecule has 1 heterocycles. The van der Waals surface area contributed by atoms with Crippen LogP contribution in [0.4, 0.5) is 5.82 Å². The molecule has 1 aromatic heterocycles. The second-order valence-electron chi connectivity index (χ2n) is 4.25. The summed E-state index contributed by atoms with van der Waals surface area (Å²) >= 11 is 14.5. The first-order valence-corrected chi connectivity index (χ1v) is 7.54. The summed E-state index contributed by atoms with van der Waals surface area (Å²) in [5.74, 6) is 0.752. The molecule has 2 rings (SSSR count). The van der Waals surface area contributed by atoms with Gasteiger partial charge in [0, 0.05) is 22.2 Å². The molecule has 0 saturated heterocycles. The van der Waals surface area contributed by atoms with Crippen molar-refractivity contribution in [2.45, 2.75) is 13.5 Å². The summed E-state index contributed by atoms with van der Waals surface area (Å²) in [5, 5.41) is 7.48. The maximum absolute atomic E-state index is 5.84. The van der Waals surface area contributed by atoms with Gasteiger partial charge in [-0.3, -0.25) is 0 Å². The molecule has 2 aromatic rings. The molecule has 0 atom stereocenters. The number of benzene rings is 1. The third kappa shape index (κ3) is 4.44. The lowest BCUT2D eigenvalue weighted by atomic mass is 10.2. The molecular weight excluding hydrogens is 358 g/mol. The zero-order valence-corrected chi connectivity index (χ0v) is 13.9. The number of nitrogens with one attached hydrogen (secondary N) is 2. The minimum absolute atomic E-state index is 0.540. The van der Waals surface area contributed by atoms with Gasteiger partial charge in [0.05, 0.1) is 0 Å². The summed E-state index contributed by atoms with van der Waals surface area (Å²) in [4.78, 5) is 4.28. The molecule has 6 heteroatoms. The van der Waals surface area contributed by atoms with E-state index in [2.05, 4.69) is 31.5 Å². The Bertz CT molecular complexity index is 616. The number of aryl methyl sites for hydroxylation is 1. The number of rotatable bonds is 3. The third-order valence-corrected chi connectivity index (χ3v) is 3.58. The molecule has 0 fully saturated rings. The monoisotopic (exact) mass is 369 g/mol. The SMILES string of the molecule is Cc1cc(Br)cnc1NC(=S)NCc1ccc(Cl)cc1. The van der Waals surface area contributed by atoms with Crippen molar-refractivity contribution in [1.29, 1.82) is 0 Å². The molecule has 0 amide bonds. The van der Waals surface area contributed by atoms with Crippen LogP contribution >= 0.6 is 39.7 Å². The van der Waals surface area contributed by atoms with E-state index in [4.69, 9.17) is 23.8 Å². The van der Waals surface area contributed by atoms with Crippen molar-refractivity contribution < 1.29 is 0 Å². The summed E-state index contributed by atoms with van der Waals surface area (Å²) in [6.45, 7) is 2.61. The van der Waals surface area contributed by atoms with E-state index in [1.165, 1.54) is 0 Å². The van der Waals surface area contributed by atoms with E-state index in [9.17, 15) is 0 Å². The van der Waals surface area contributed by atoms with E-state index in [0.717, 1.165) is 26.4 Å². The van der Waals surface area contributed by atoms with Crippen molar-refractivity contribution in [3.8, 4) is 0 Å². The van der Waals surface area contributed by atoms with Crippen LogP contribution in [0.1, 0.15) is 11.1 Å². The van der Waals surface area contributed by atoms with Gasteiger partial charge in [-0.25, -0.2) is 4.98 Å². The van der Waals surface area contributed by atoms with Crippen molar-refractivity contribution in [2.75, 3.05) is 5.32 Å². The quantitative estimate of drug-likeness (QED) is 0.790. The molecule has 2 N–H and O–H groups in total. The van der Waals surface area contributed by atoms with E-state index >= 15 is 0 Å². The average molecular weight is 371 g/mol. The second-order valence-corrected chi connectivity index (χ2v) is 6.01. The average Bonchev–Trinajstić information content (AvgIpc) is 2.41. The van der Waals surface area contributed by atoms with Gasteiger partial charge in [-0.2, -0.15) is 0 Å². The van der Waals surface area contributed by atoms with Gasteiger partial charge < -0.3 is 10.6 Å². The van der Waals surface area contributed by atoms with Crippen LogP contribution in [0.25, 0.3) is 0 Å². The number of thiocarbonyl (C=S) groups is 1. The Morgan fingerprint density at radius 1 is 1.35 bits per heavy atom.